The Morgan fingerprint density at radius 1 is 1.28 bits per heavy atom. The number of benzene rings is 1. The standard InChI is InChI=1S/C16H20ClN3O3S2/c1-10(2)15(11-4-6-12(17)7-5-11)19-14(21)8-13-9-24-16(18-13)20-25(3,22)23/h4-7,9-10,15H,8H2,1-3H3,(H,18,20)(H,19,21). The number of nitrogens with one attached hydrogen (secondary N) is 2. The van der Waals surface area contributed by atoms with E-state index in [1.54, 1.807) is 17.5 Å². The van der Waals surface area contributed by atoms with Crippen LogP contribution in [-0.4, -0.2) is 25.6 Å². The normalized spacial score (nSPS) is 12.8. The SMILES string of the molecule is CC(C)C(NC(=O)Cc1csc(NS(C)(=O)=O)n1)c1ccc(Cl)cc1. The molecule has 0 aliphatic heterocycles. The Morgan fingerprint density at radius 2 is 1.92 bits per heavy atom. The van der Waals surface area contributed by atoms with E-state index in [9.17, 15) is 13.2 Å². The predicted octanol–water partition coefficient (Wildman–Crippen LogP) is 3.22. The van der Waals surface area contributed by atoms with E-state index >= 15 is 0 Å². The molecule has 6 nitrogen and oxygen atoms in total. The molecule has 2 N–H and O–H groups in total. The van der Waals surface area contributed by atoms with Crippen LogP contribution >= 0.6 is 22.9 Å². The van der Waals surface area contributed by atoms with Crippen molar-refractivity contribution in [3.05, 3.63) is 45.9 Å². The summed E-state index contributed by atoms with van der Waals surface area (Å²) in [7, 11) is -3.38. The highest BCUT2D eigenvalue weighted by atomic mass is 35.5. The number of hydrogen-bond acceptors (Lipinski definition) is 5. The Morgan fingerprint density at radius 3 is 2.48 bits per heavy atom. The second kappa shape index (κ2) is 8.16. The first-order valence-electron chi connectivity index (χ1n) is 7.61. The zero-order valence-corrected chi connectivity index (χ0v) is 16.5. The van der Waals surface area contributed by atoms with Gasteiger partial charge in [-0.3, -0.25) is 9.52 Å². The number of halogens is 1. The first-order valence-corrected chi connectivity index (χ1v) is 10.8. The van der Waals surface area contributed by atoms with Gasteiger partial charge in [0.15, 0.2) is 5.13 Å². The number of sulfonamides is 1. The van der Waals surface area contributed by atoms with Crippen molar-refractivity contribution >= 4 is 44.0 Å². The van der Waals surface area contributed by atoms with E-state index in [1.165, 1.54) is 0 Å². The van der Waals surface area contributed by atoms with E-state index in [4.69, 9.17) is 11.6 Å². The van der Waals surface area contributed by atoms with Crippen molar-refractivity contribution in [1.82, 2.24) is 10.3 Å². The number of thiazole rings is 1. The molecule has 1 heterocycles. The predicted molar refractivity (Wildman–Crippen MR) is 101 cm³/mol. The summed E-state index contributed by atoms with van der Waals surface area (Å²) in [6.45, 7) is 4.05. The van der Waals surface area contributed by atoms with Crippen molar-refractivity contribution < 1.29 is 13.2 Å². The molecule has 0 saturated carbocycles. The summed E-state index contributed by atoms with van der Waals surface area (Å²) in [5.41, 5.74) is 1.50. The highest BCUT2D eigenvalue weighted by molar-refractivity contribution is 7.92. The number of amides is 1. The molecule has 1 aromatic carbocycles. The first-order chi connectivity index (χ1) is 11.6. The van der Waals surface area contributed by atoms with Gasteiger partial charge in [-0.2, -0.15) is 0 Å². The highest BCUT2D eigenvalue weighted by Gasteiger charge is 2.19. The van der Waals surface area contributed by atoms with Crippen molar-refractivity contribution in [2.45, 2.75) is 26.3 Å². The fourth-order valence-electron chi connectivity index (χ4n) is 2.29. The molecule has 0 radical (unpaired) electrons. The van der Waals surface area contributed by atoms with Gasteiger partial charge in [0.2, 0.25) is 15.9 Å². The zero-order valence-electron chi connectivity index (χ0n) is 14.1. The van der Waals surface area contributed by atoms with Crippen LogP contribution in [0.4, 0.5) is 5.13 Å². The first kappa shape index (κ1) is 19.7. The number of carbonyl (C=O) groups excluding carboxylic acids is 1. The van der Waals surface area contributed by atoms with Crippen molar-refractivity contribution in [1.29, 1.82) is 0 Å². The van der Waals surface area contributed by atoms with Crippen LogP contribution < -0.4 is 10.0 Å². The van der Waals surface area contributed by atoms with E-state index in [-0.39, 0.29) is 29.4 Å². The molecule has 25 heavy (non-hydrogen) atoms. The van der Waals surface area contributed by atoms with Crippen molar-refractivity contribution in [2.75, 3.05) is 11.0 Å². The van der Waals surface area contributed by atoms with Crippen LogP contribution in [0.5, 0.6) is 0 Å². The van der Waals surface area contributed by atoms with Gasteiger partial charge in [-0.25, -0.2) is 13.4 Å². The number of hydrogen-bond donors (Lipinski definition) is 2. The van der Waals surface area contributed by atoms with Crippen LogP contribution in [0.15, 0.2) is 29.6 Å². The number of anilines is 1. The summed E-state index contributed by atoms with van der Waals surface area (Å²) in [6.07, 6.45) is 1.14. The number of carbonyl (C=O) groups is 1. The minimum atomic E-state index is -3.38. The zero-order chi connectivity index (χ0) is 18.6. The molecule has 1 amide bonds. The van der Waals surface area contributed by atoms with E-state index in [0.717, 1.165) is 23.2 Å². The monoisotopic (exact) mass is 401 g/mol. The van der Waals surface area contributed by atoms with Crippen molar-refractivity contribution in [3.63, 3.8) is 0 Å². The van der Waals surface area contributed by atoms with Crippen LogP contribution in [0.3, 0.4) is 0 Å². The maximum Gasteiger partial charge on any atom is 0.231 e. The van der Waals surface area contributed by atoms with Crippen LogP contribution in [0.25, 0.3) is 0 Å². The lowest BCUT2D eigenvalue weighted by atomic mass is 9.96. The van der Waals surface area contributed by atoms with Gasteiger partial charge in [0.05, 0.1) is 24.4 Å². The third-order valence-electron chi connectivity index (χ3n) is 3.38. The van der Waals surface area contributed by atoms with E-state index in [0.29, 0.717) is 10.7 Å². The summed E-state index contributed by atoms with van der Waals surface area (Å²) in [5.74, 6) is 0.0212. The fourth-order valence-corrected chi connectivity index (χ4v) is 3.98. The van der Waals surface area contributed by atoms with Crippen LogP contribution in [0.1, 0.15) is 31.1 Å². The minimum Gasteiger partial charge on any atom is -0.349 e. The van der Waals surface area contributed by atoms with Crippen molar-refractivity contribution in [2.24, 2.45) is 5.92 Å². The summed E-state index contributed by atoms with van der Waals surface area (Å²) >= 11 is 7.06. The topological polar surface area (TPSA) is 88.2 Å². The highest BCUT2D eigenvalue weighted by Crippen LogP contribution is 2.24. The van der Waals surface area contributed by atoms with E-state index < -0.39 is 10.0 Å². The Balaban J connectivity index is 2.03. The molecule has 0 fully saturated rings. The maximum absolute atomic E-state index is 12.4. The molecule has 9 heteroatoms. The largest absolute Gasteiger partial charge is 0.349 e. The molecule has 1 atom stereocenters. The van der Waals surface area contributed by atoms with Gasteiger partial charge in [-0.15, -0.1) is 11.3 Å². The van der Waals surface area contributed by atoms with Gasteiger partial charge in [-0.1, -0.05) is 37.6 Å². The van der Waals surface area contributed by atoms with Crippen LogP contribution in [-0.2, 0) is 21.2 Å². The average molecular weight is 402 g/mol. The maximum atomic E-state index is 12.4. The lowest BCUT2D eigenvalue weighted by Crippen LogP contribution is -2.32. The van der Waals surface area contributed by atoms with Gasteiger partial charge < -0.3 is 5.32 Å². The van der Waals surface area contributed by atoms with E-state index in [1.807, 2.05) is 26.0 Å². The number of nitrogens with zero attached hydrogens (tertiary/aromatic N) is 1. The van der Waals surface area contributed by atoms with Gasteiger partial charge in [0, 0.05) is 10.4 Å². The summed E-state index contributed by atoms with van der Waals surface area (Å²) in [4.78, 5) is 16.5. The van der Waals surface area contributed by atoms with Gasteiger partial charge in [0.25, 0.3) is 0 Å². The molecule has 1 aromatic heterocycles. The molecule has 2 rings (SSSR count). The summed E-state index contributed by atoms with van der Waals surface area (Å²) in [5, 5.41) is 5.57. The Kier molecular flexibility index (Phi) is 6.42. The second-order valence-electron chi connectivity index (χ2n) is 6.04. The second-order valence-corrected chi connectivity index (χ2v) is 9.08. The Bertz CT molecular complexity index is 833. The van der Waals surface area contributed by atoms with Gasteiger partial charge in [0.1, 0.15) is 0 Å². The van der Waals surface area contributed by atoms with E-state index in [2.05, 4.69) is 15.0 Å². The number of aromatic nitrogens is 1. The molecule has 0 spiro atoms. The Hall–Kier alpha value is -1.64. The fraction of sp³-hybridized carbons (Fsp3) is 0.375. The molecule has 2 aromatic rings. The van der Waals surface area contributed by atoms with Crippen LogP contribution in [0, 0.1) is 5.92 Å². The third-order valence-corrected chi connectivity index (χ3v) is 5.13. The quantitative estimate of drug-likeness (QED) is 0.745. The molecular weight excluding hydrogens is 382 g/mol. The number of rotatable bonds is 7. The minimum absolute atomic E-state index is 0.0821. The molecule has 136 valence electrons. The Labute approximate surface area is 156 Å². The molecule has 0 aliphatic rings. The van der Waals surface area contributed by atoms with Crippen molar-refractivity contribution in [3.8, 4) is 0 Å². The summed E-state index contributed by atoms with van der Waals surface area (Å²) in [6, 6.07) is 7.23. The molecule has 0 bridgehead atoms. The molecular formula is C16H20ClN3O3S2. The lowest BCUT2D eigenvalue weighted by molar-refractivity contribution is -0.121. The third kappa shape index (κ3) is 6.30. The smallest absolute Gasteiger partial charge is 0.231 e. The van der Waals surface area contributed by atoms with Gasteiger partial charge in [-0.05, 0) is 23.6 Å². The average Bonchev–Trinajstić information content (AvgIpc) is 2.90. The van der Waals surface area contributed by atoms with Crippen LogP contribution in [0.2, 0.25) is 5.02 Å². The molecule has 1 unspecified atom stereocenters. The summed E-state index contributed by atoms with van der Waals surface area (Å²) < 4.78 is 24.7. The molecule has 0 aliphatic carbocycles. The van der Waals surface area contributed by atoms with Gasteiger partial charge >= 0.3 is 0 Å². The molecule has 0 saturated heterocycles. The lowest BCUT2D eigenvalue weighted by Gasteiger charge is -2.23.